The summed E-state index contributed by atoms with van der Waals surface area (Å²) < 4.78 is 15.9. The Bertz CT molecular complexity index is 1150. The highest BCUT2D eigenvalue weighted by Gasteiger charge is 2.30. The van der Waals surface area contributed by atoms with Crippen LogP contribution in [0.1, 0.15) is 50.7 Å². The lowest BCUT2D eigenvalue weighted by Crippen LogP contribution is -2.42. The fraction of sp³-hybridized carbons (Fsp3) is 0.448. The lowest BCUT2D eigenvalue weighted by molar-refractivity contribution is -0.139. The van der Waals surface area contributed by atoms with Gasteiger partial charge in [0.15, 0.2) is 0 Å². The molecule has 3 amide bonds. The van der Waals surface area contributed by atoms with Crippen molar-refractivity contribution in [3.63, 3.8) is 0 Å². The Morgan fingerprint density at radius 2 is 1.45 bits per heavy atom. The summed E-state index contributed by atoms with van der Waals surface area (Å²) in [6, 6.07) is 14.5. The maximum atomic E-state index is 12.4. The summed E-state index contributed by atoms with van der Waals surface area (Å²) in [5.41, 5.74) is 3.69. The highest BCUT2D eigenvalue weighted by molar-refractivity contribution is 5.82. The summed E-state index contributed by atoms with van der Waals surface area (Å²) in [5.74, 6) is -1.79. The normalized spacial score (nSPS) is 13.0. The number of amides is 3. The molecule has 0 spiro atoms. The summed E-state index contributed by atoms with van der Waals surface area (Å²) in [7, 11) is 0. The average molecular weight is 556 g/mol. The van der Waals surface area contributed by atoms with Gasteiger partial charge in [-0.05, 0) is 49.4 Å². The van der Waals surface area contributed by atoms with E-state index in [-0.39, 0.29) is 57.6 Å². The van der Waals surface area contributed by atoms with Crippen molar-refractivity contribution in [3.05, 3.63) is 59.7 Å². The number of hydrogen-bond donors (Lipinski definition) is 4. The Labute approximate surface area is 233 Å². The number of alkyl carbamates (subject to hydrolysis) is 2. The van der Waals surface area contributed by atoms with Crippen molar-refractivity contribution in [1.82, 2.24) is 16.0 Å². The first-order valence-corrected chi connectivity index (χ1v) is 13.2. The van der Waals surface area contributed by atoms with E-state index >= 15 is 0 Å². The molecule has 40 heavy (non-hydrogen) atoms. The van der Waals surface area contributed by atoms with Crippen molar-refractivity contribution in [2.24, 2.45) is 0 Å². The third kappa shape index (κ3) is 9.26. The minimum atomic E-state index is -1.28. The van der Waals surface area contributed by atoms with Gasteiger partial charge in [0.25, 0.3) is 0 Å². The molecule has 3 rings (SSSR count). The van der Waals surface area contributed by atoms with E-state index in [1.54, 1.807) is 20.8 Å². The molecule has 1 aliphatic rings. The highest BCUT2D eigenvalue weighted by Crippen LogP contribution is 2.44. The maximum absolute atomic E-state index is 12.4. The zero-order valence-corrected chi connectivity index (χ0v) is 23.0. The molecule has 11 nitrogen and oxygen atoms in total. The Morgan fingerprint density at radius 3 is 2.02 bits per heavy atom. The van der Waals surface area contributed by atoms with E-state index in [9.17, 15) is 24.3 Å². The van der Waals surface area contributed by atoms with Crippen molar-refractivity contribution in [2.45, 2.75) is 51.2 Å². The minimum absolute atomic E-state index is 0.0555. The predicted molar refractivity (Wildman–Crippen MR) is 147 cm³/mol. The van der Waals surface area contributed by atoms with Crippen LogP contribution in [-0.4, -0.2) is 73.7 Å². The molecule has 0 bridgehead atoms. The van der Waals surface area contributed by atoms with Crippen molar-refractivity contribution in [1.29, 1.82) is 0 Å². The monoisotopic (exact) mass is 555 g/mol. The van der Waals surface area contributed by atoms with Crippen LogP contribution in [0.2, 0.25) is 0 Å². The van der Waals surface area contributed by atoms with Crippen molar-refractivity contribution in [3.8, 4) is 11.1 Å². The fourth-order valence-corrected chi connectivity index (χ4v) is 4.31. The first-order chi connectivity index (χ1) is 19.0. The summed E-state index contributed by atoms with van der Waals surface area (Å²) in [4.78, 5) is 47.8. The molecule has 0 fully saturated rings. The summed E-state index contributed by atoms with van der Waals surface area (Å²) in [5, 5.41) is 17.0. The molecule has 2 aromatic carbocycles. The number of carboxylic acid groups (broad SMARTS) is 1. The number of nitrogens with one attached hydrogen (secondary N) is 3. The Balaban J connectivity index is 1.34. The molecule has 216 valence electrons. The van der Waals surface area contributed by atoms with Gasteiger partial charge in [0.1, 0.15) is 18.2 Å². The molecule has 0 saturated heterocycles. The molecule has 0 saturated carbocycles. The predicted octanol–water partition coefficient (Wildman–Crippen LogP) is 3.42. The van der Waals surface area contributed by atoms with Gasteiger partial charge in [0, 0.05) is 25.4 Å². The van der Waals surface area contributed by atoms with Gasteiger partial charge in [-0.1, -0.05) is 48.5 Å². The third-order valence-corrected chi connectivity index (χ3v) is 6.08. The lowest BCUT2D eigenvalue weighted by Gasteiger charge is -2.19. The van der Waals surface area contributed by atoms with Crippen molar-refractivity contribution >= 4 is 24.1 Å². The van der Waals surface area contributed by atoms with E-state index in [1.807, 2.05) is 48.5 Å². The van der Waals surface area contributed by atoms with E-state index in [0.717, 1.165) is 22.3 Å². The van der Waals surface area contributed by atoms with Gasteiger partial charge in [-0.15, -0.1) is 0 Å². The van der Waals surface area contributed by atoms with Gasteiger partial charge < -0.3 is 35.3 Å². The molecular formula is C29H37N3O8. The maximum Gasteiger partial charge on any atom is 0.407 e. The van der Waals surface area contributed by atoms with E-state index in [4.69, 9.17) is 14.2 Å². The number of aliphatic carboxylic acids is 1. The molecular weight excluding hydrogens is 518 g/mol. The fourth-order valence-electron chi connectivity index (χ4n) is 4.31. The number of fused-ring (bicyclic) bond motifs is 3. The average Bonchev–Trinajstić information content (AvgIpc) is 3.21. The van der Waals surface area contributed by atoms with Crippen LogP contribution in [0.15, 0.2) is 48.5 Å². The topological polar surface area (TPSA) is 152 Å². The standard InChI is InChI=1S/C29H37N3O8/c1-29(2,3)40-27(36)31-15-17-38-16-14-30-25(33)13-12-24(26(34)35)32-28(37)39-18-23-21-10-6-4-8-19(21)20-9-5-7-11-22(20)23/h4-11,23-24H,12-18H2,1-3H3,(H,30,33)(H,31,36)(H,32,37)(H,34,35)/t24-/m0/s1. The third-order valence-electron chi connectivity index (χ3n) is 6.08. The van der Waals surface area contributed by atoms with Crippen LogP contribution in [0.4, 0.5) is 9.59 Å². The van der Waals surface area contributed by atoms with Gasteiger partial charge in [0.05, 0.1) is 13.2 Å². The summed E-state index contributed by atoms with van der Waals surface area (Å²) in [6.07, 6.45) is -1.61. The Hall–Kier alpha value is -4.12. The second-order valence-corrected chi connectivity index (χ2v) is 10.3. The van der Waals surface area contributed by atoms with Gasteiger partial charge in [-0.2, -0.15) is 0 Å². The molecule has 0 aromatic heterocycles. The lowest BCUT2D eigenvalue weighted by atomic mass is 9.98. The summed E-state index contributed by atoms with van der Waals surface area (Å²) in [6.45, 7) is 6.27. The summed E-state index contributed by atoms with van der Waals surface area (Å²) >= 11 is 0. The molecule has 11 heteroatoms. The van der Waals surface area contributed by atoms with Crippen molar-refractivity contribution in [2.75, 3.05) is 32.9 Å². The number of carbonyl (C=O) groups is 4. The van der Waals surface area contributed by atoms with Gasteiger partial charge >= 0.3 is 18.2 Å². The molecule has 1 aliphatic carbocycles. The number of ether oxygens (including phenoxy) is 3. The van der Waals surface area contributed by atoms with E-state index < -0.39 is 29.8 Å². The molecule has 2 aromatic rings. The van der Waals surface area contributed by atoms with Crippen LogP contribution in [0.3, 0.4) is 0 Å². The van der Waals surface area contributed by atoms with Gasteiger partial charge in [-0.3, -0.25) is 4.79 Å². The second-order valence-electron chi connectivity index (χ2n) is 10.3. The smallest absolute Gasteiger partial charge is 0.407 e. The van der Waals surface area contributed by atoms with Crippen LogP contribution in [0.25, 0.3) is 11.1 Å². The molecule has 4 N–H and O–H groups in total. The molecule has 1 atom stereocenters. The van der Waals surface area contributed by atoms with Gasteiger partial charge in [0.2, 0.25) is 5.91 Å². The first-order valence-electron chi connectivity index (χ1n) is 13.2. The van der Waals surface area contributed by atoms with Crippen molar-refractivity contribution < 1.29 is 38.5 Å². The number of carbonyl (C=O) groups excluding carboxylic acids is 3. The Morgan fingerprint density at radius 1 is 0.875 bits per heavy atom. The molecule has 0 aliphatic heterocycles. The van der Waals surface area contributed by atoms with Crippen LogP contribution >= 0.6 is 0 Å². The second kappa shape index (κ2) is 14.3. The number of rotatable bonds is 13. The zero-order chi connectivity index (χ0) is 29.1. The van der Waals surface area contributed by atoms with Gasteiger partial charge in [-0.25, -0.2) is 14.4 Å². The minimum Gasteiger partial charge on any atom is -0.480 e. The highest BCUT2D eigenvalue weighted by atomic mass is 16.6. The SMILES string of the molecule is CC(C)(C)OC(=O)NCCOCCNC(=O)CC[C@H](NC(=O)OCC1c2ccccc2-c2ccccc21)C(=O)O. The zero-order valence-electron chi connectivity index (χ0n) is 23.0. The first kappa shape index (κ1) is 30.4. The van der Waals surface area contributed by atoms with E-state index in [0.29, 0.717) is 0 Å². The van der Waals surface area contributed by atoms with Crippen LogP contribution in [0, 0.1) is 0 Å². The van der Waals surface area contributed by atoms with Crippen LogP contribution in [0.5, 0.6) is 0 Å². The molecule has 0 heterocycles. The largest absolute Gasteiger partial charge is 0.480 e. The number of carboxylic acids is 1. The Kier molecular flexibility index (Phi) is 10.9. The van der Waals surface area contributed by atoms with E-state index in [2.05, 4.69) is 16.0 Å². The molecule has 0 unspecified atom stereocenters. The number of hydrogen-bond acceptors (Lipinski definition) is 7. The molecule has 0 radical (unpaired) electrons. The van der Waals surface area contributed by atoms with Crippen LogP contribution in [-0.2, 0) is 23.8 Å². The number of benzene rings is 2. The van der Waals surface area contributed by atoms with Crippen LogP contribution < -0.4 is 16.0 Å². The van der Waals surface area contributed by atoms with E-state index in [1.165, 1.54) is 0 Å². The quantitative estimate of drug-likeness (QED) is 0.274.